The number of aromatic nitrogens is 1. The van der Waals surface area contributed by atoms with E-state index in [-0.39, 0.29) is 11.2 Å². The Morgan fingerprint density at radius 3 is 2.47 bits per heavy atom. The number of aryl methyl sites for hydroxylation is 3. The first-order valence-corrected chi connectivity index (χ1v) is 10.5. The van der Waals surface area contributed by atoms with E-state index in [1.807, 2.05) is 43.3 Å². The molecule has 0 aliphatic heterocycles. The van der Waals surface area contributed by atoms with Gasteiger partial charge < -0.3 is 10.3 Å². The molecule has 4 heteroatoms. The van der Waals surface area contributed by atoms with Crippen LogP contribution >= 0.6 is 0 Å². The van der Waals surface area contributed by atoms with E-state index in [1.165, 1.54) is 5.56 Å². The van der Waals surface area contributed by atoms with Crippen molar-refractivity contribution in [3.05, 3.63) is 88.2 Å². The second-order valence-electron chi connectivity index (χ2n) is 9.11. The number of nitrogens with zero attached hydrogens (tertiary/aromatic N) is 1. The molecule has 1 aliphatic rings. The van der Waals surface area contributed by atoms with Crippen LogP contribution in [0.5, 0.6) is 0 Å². The number of carbonyl (C=O) groups is 2. The van der Waals surface area contributed by atoms with E-state index in [0.717, 1.165) is 47.5 Å². The van der Waals surface area contributed by atoms with Gasteiger partial charge in [0.25, 0.3) is 0 Å². The first-order chi connectivity index (χ1) is 14.2. The number of amides is 1. The molecule has 0 saturated carbocycles. The number of nitrogens with two attached hydrogens (primary N) is 1. The number of primary amides is 1. The van der Waals surface area contributed by atoms with Gasteiger partial charge >= 0.3 is 0 Å². The highest BCUT2D eigenvalue weighted by Crippen LogP contribution is 2.37. The molecule has 0 radical (unpaired) electrons. The average Bonchev–Trinajstić information content (AvgIpc) is 3.02. The Balaban J connectivity index is 1.76. The molecule has 1 amide bonds. The van der Waals surface area contributed by atoms with Crippen LogP contribution in [0.4, 0.5) is 0 Å². The fourth-order valence-corrected chi connectivity index (χ4v) is 4.60. The van der Waals surface area contributed by atoms with Crippen molar-refractivity contribution >= 4 is 11.7 Å². The van der Waals surface area contributed by atoms with E-state index < -0.39 is 5.91 Å². The van der Waals surface area contributed by atoms with Crippen LogP contribution in [-0.2, 0) is 19.3 Å². The van der Waals surface area contributed by atoms with E-state index in [4.69, 9.17) is 5.73 Å². The van der Waals surface area contributed by atoms with Crippen molar-refractivity contribution in [1.29, 1.82) is 0 Å². The average molecular weight is 401 g/mol. The number of fused-ring (bicyclic) bond motifs is 1. The smallest absolute Gasteiger partial charge is 0.248 e. The van der Waals surface area contributed by atoms with Crippen molar-refractivity contribution in [2.75, 3.05) is 0 Å². The monoisotopic (exact) mass is 400 g/mol. The molecule has 3 aromatic rings. The minimum atomic E-state index is -0.410. The summed E-state index contributed by atoms with van der Waals surface area (Å²) in [7, 11) is 0. The number of rotatable bonds is 5. The molecule has 30 heavy (non-hydrogen) atoms. The van der Waals surface area contributed by atoms with Crippen molar-refractivity contribution in [3.63, 3.8) is 0 Å². The van der Waals surface area contributed by atoms with Crippen LogP contribution in [0, 0.1) is 12.3 Å². The van der Waals surface area contributed by atoms with Crippen LogP contribution in [0.1, 0.15) is 63.5 Å². The molecule has 0 spiro atoms. The van der Waals surface area contributed by atoms with Crippen LogP contribution in [-0.4, -0.2) is 16.3 Å². The molecule has 2 aromatic carbocycles. The minimum absolute atomic E-state index is 0.0596. The van der Waals surface area contributed by atoms with E-state index in [0.29, 0.717) is 12.0 Å². The molecule has 1 heterocycles. The summed E-state index contributed by atoms with van der Waals surface area (Å²) < 4.78 is 2.17. The first-order valence-electron chi connectivity index (χ1n) is 10.5. The van der Waals surface area contributed by atoms with E-state index in [9.17, 15) is 9.59 Å². The fraction of sp³-hybridized carbons (Fsp3) is 0.308. The fourth-order valence-electron chi connectivity index (χ4n) is 4.60. The van der Waals surface area contributed by atoms with E-state index in [2.05, 4.69) is 36.6 Å². The van der Waals surface area contributed by atoms with E-state index >= 15 is 0 Å². The van der Waals surface area contributed by atoms with Crippen LogP contribution in [0.25, 0.3) is 5.69 Å². The van der Waals surface area contributed by atoms with Gasteiger partial charge in [-0.25, -0.2) is 0 Å². The molecule has 0 bridgehead atoms. The normalized spacial score (nSPS) is 15.1. The van der Waals surface area contributed by atoms with Crippen molar-refractivity contribution in [2.45, 2.75) is 46.5 Å². The zero-order valence-electron chi connectivity index (χ0n) is 17.9. The number of ketones is 1. The van der Waals surface area contributed by atoms with Crippen LogP contribution in [0.15, 0.2) is 54.6 Å². The predicted molar refractivity (Wildman–Crippen MR) is 119 cm³/mol. The second-order valence-corrected chi connectivity index (χ2v) is 9.11. The lowest BCUT2D eigenvalue weighted by molar-refractivity contribution is 0.0910. The quantitative estimate of drug-likeness (QED) is 0.667. The molecule has 0 atom stereocenters. The second kappa shape index (κ2) is 7.60. The molecule has 2 N–H and O–H groups in total. The van der Waals surface area contributed by atoms with Crippen molar-refractivity contribution in [3.8, 4) is 5.69 Å². The van der Waals surface area contributed by atoms with Crippen molar-refractivity contribution in [1.82, 2.24) is 4.57 Å². The zero-order chi connectivity index (χ0) is 21.5. The lowest BCUT2D eigenvalue weighted by atomic mass is 9.76. The maximum atomic E-state index is 12.7. The SMILES string of the molecule is Cc1cc2c(n1-c1ccc(C(N)=O)c(CCc3ccccc3)c1)CC(C)(C)CC2=O. The Labute approximate surface area is 177 Å². The molecular weight excluding hydrogens is 372 g/mol. The zero-order valence-corrected chi connectivity index (χ0v) is 17.9. The first kappa shape index (κ1) is 20.1. The standard InChI is InChI=1S/C26H28N2O2/c1-17-13-22-23(15-26(2,3)16-24(22)29)28(17)20-11-12-21(25(27)30)19(14-20)10-9-18-7-5-4-6-8-18/h4-8,11-14H,9-10,15-16H2,1-3H3,(H2,27,30). The number of benzene rings is 2. The Morgan fingerprint density at radius 1 is 1.03 bits per heavy atom. The third kappa shape index (κ3) is 3.82. The van der Waals surface area contributed by atoms with Gasteiger partial charge in [0, 0.05) is 34.6 Å². The maximum Gasteiger partial charge on any atom is 0.248 e. The number of hydrogen-bond acceptors (Lipinski definition) is 2. The third-order valence-corrected chi connectivity index (χ3v) is 6.01. The summed E-state index contributed by atoms with van der Waals surface area (Å²) in [5.74, 6) is -0.201. The summed E-state index contributed by atoms with van der Waals surface area (Å²) >= 11 is 0. The Morgan fingerprint density at radius 2 is 1.77 bits per heavy atom. The number of Topliss-reactive ketones (excluding diaryl/α,β-unsaturated/α-hetero) is 1. The van der Waals surface area contributed by atoms with Crippen LogP contribution in [0.3, 0.4) is 0 Å². The molecule has 0 fully saturated rings. The Kier molecular flexibility index (Phi) is 5.10. The molecule has 0 unspecified atom stereocenters. The highest BCUT2D eigenvalue weighted by atomic mass is 16.1. The molecule has 0 saturated heterocycles. The van der Waals surface area contributed by atoms with Crippen LogP contribution in [0.2, 0.25) is 0 Å². The van der Waals surface area contributed by atoms with Gasteiger partial charge in [0.2, 0.25) is 5.91 Å². The third-order valence-electron chi connectivity index (χ3n) is 6.01. The van der Waals surface area contributed by atoms with Gasteiger partial charge in [0.1, 0.15) is 0 Å². The maximum absolute atomic E-state index is 12.7. The van der Waals surface area contributed by atoms with Gasteiger partial charge in [0.15, 0.2) is 5.78 Å². The molecule has 1 aromatic heterocycles. The Bertz CT molecular complexity index is 1120. The lowest BCUT2D eigenvalue weighted by Crippen LogP contribution is -2.27. The molecule has 154 valence electrons. The van der Waals surface area contributed by atoms with Crippen LogP contribution < -0.4 is 5.73 Å². The lowest BCUT2D eigenvalue weighted by Gasteiger charge is -2.30. The number of carbonyl (C=O) groups excluding carboxylic acids is 2. The molecule has 1 aliphatic carbocycles. The summed E-state index contributed by atoms with van der Waals surface area (Å²) in [5, 5.41) is 0. The summed E-state index contributed by atoms with van der Waals surface area (Å²) in [6, 6.07) is 18.0. The van der Waals surface area contributed by atoms with Crippen molar-refractivity contribution in [2.24, 2.45) is 11.1 Å². The van der Waals surface area contributed by atoms with Gasteiger partial charge in [-0.2, -0.15) is 0 Å². The largest absolute Gasteiger partial charge is 0.366 e. The van der Waals surface area contributed by atoms with Gasteiger partial charge in [-0.1, -0.05) is 44.2 Å². The van der Waals surface area contributed by atoms with Gasteiger partial charge in [-0.3, -0.25) is 9.59 Å². The van der Waals surface area contributed by atoms with Gasteiger partial charge in [0.05, 0.1) is 0 Å². The predicted octanol–water partition coefficient (Wildman–Crippen LogP) is 4.82. The topological polar surface area (TPSA) is 65.1 Å². The highest BCUT2D eigenvalue weighted by Gasteiger charge is 2.34. The van der Waals surface area contributed by atoms with Crippen molar-refractivity contribution < 1.29 is 9.59 Å². The van der Waals surface area contributed by atoms with E-state index in [1.54, 1.807) is 0 Å². The van der Waals surface area contributed by atoms with Gasteiger partial charge in [-0.05, 0) is 67.0 Å². The summed E-state index contributed by atoms with van der Waals surface area (Å²) in [5.41, 5.74) is 12.2. The number of hydrogen-bond donors (Lipinski definition) is 1. The highest BCUT2D eigenvalue weighted by molar-refractivity contribution is 5.99. The Hall–Kier alpha value is -3.14. The summed E-state index contributed by atoms with van der Waals surface area (Å²) in [4.78, 5) is 24.7. The van der Waals surface area contributed by atoms with Gasteiger partial charge in [-0.15, -0.1) is 0 Å². The summed E-state index contributed by atoms with van der Waals surface area (Å²) in [6.45, 7) is 6.31. The minimum Gasteiger partial charge on any atom is -0.366 e. The molecule has 4 nitrogen and oxygen atoms in total. The summed E-state index contributed by atoms with van der Waals surface area (Å²) in [6.07, 6.45) is 2.98. The molecule has 4 rings (SSSR count). The molecular formula is C26H28N2O2.